The van der Waals surface area contributed by atoms with E-state index in [0.29, 0.717) is 17.8 Å². The molecule has 4 nitrogen and oxygen atoms in total. The number of hydrogen-bond donors (Lipinski definition) is 1. The second kappa shape index (κ2) is 4.96. The summed E-state index contributed by atoms with van der Waals surface area (Å²) in [6.07, 6.45) is 3.60. The monoisotopic (exact) mass is 248 g/mol. The molecule has 1 N–H and O–H groups in total. The molecule has 1 aromatic heterocycles. The van der Waals surface area contributed by atoms with E-state index in [-0.39, 0.29) is 5.56 Å². The highest BCUT2D eigenvalue weighted by Gasteiger charge is 2.26. The maximum Gasteiger partial charge on any atom is 0.337 e. The van der Waals surface area contributed by atoms with E-state index in [4.69, 9.17) is 5.11 Å². The molecule has 0 saturated carbocycles. The molecule has 0 spiro atoms. The Morgan fingerprint density at radius 3 is 2.44 bits per heavy atom. The minimum atomic E-state index is -0.911. The van der Waals surface area contributed by atoms with E-state index in [0.717, 1.165) is 5.82 Å². The number of aryl methyl sites for hydroxylation is 1. The normalized spacial score (nSPS) is 24.1. The van der Waals surface area contributed by atoms with Gasteiger partial charge < -0.3 is 10.0 Å². The van der Waals surface area contributed by atoms with Gasteiger partial charge in [0.25, 0.3) is 0 Å². The Morgan fingerprint density at radius 1 is 1.33 bits per heavy atom. The van der Waals surface area contributed by atoms with Crippen molar-refractivity contribution in [3.05, 3.63) is 23.4 Å². The van der Waals surface area contributed by atoms with Crippen LogP contribution < -0.4 is 4.90 Å². The van der Waals surface area contributed by atoms with Gasteiger partial charge in [-0.15, -0.1) is 0 Å². The zero-order valence-corrected chi connectivity index (χ0v) is 11.2. The summed E-state index contributed by atoms with van der Waals surface area (Å²) in [4.78, 5) is 17.8. The van der Waals surface area contributed by atoms with E-state index >= 15 is 0 Å². The fraction of sp³-hybridized carbons (Fsp3) is 0.571. The summed E-state index contributed by atoms with van der Waals surface area (Å²) in [6, 6.07) is 4.43. The van der Waals surface area contributed by atoms with Crippen molar-refractivity contribution in [3.8, 4) is 0 Å². The summed E-state index contributed by atoms with van der Waals surface area (Å²) in [5.74, 6) is -0.0107. The van der Waals surface area contributed by atoms with Crippen molar-refractivity contribution in [2.75, 3.05) is 4.90 Å². The predicted octanol–water partition coefficient (Wildman–Crippen LogP) is 2.86. The molecule has 1 aliphatic heterocycles. The van der Waals surface area contributed by atoms with Crippen LogP contribution in [0.5, 0.6) is 0 Å². The van der Waals surface area contributed by atoms with Gasteiger partial charge in [0.15, 0.2) is 0 Å². The second-order valence-electron chi connectivity index (χ2n) is 5.14. The van der Waals surface area contributed by atoms with Crippen LogP contribution in [0.3, 0.4) is 0 Å². The van der Waals surface area contributed by atoms with Crippen molar-refractivity contribution < 1.29 is 9.90 Å². The third-order valence-electron chi connectivity index (χ3n) is 3.76. The van der Waals surface area contributed by atoms with Gasteiger partial charge in [-0.2, -0.15) is 0 Å². The molecule has 4 heteroatoms. The molecule has 0 bridgehead atoms. The van der Waals surface area contributed by atoms with Crippen molar-refractivity contribution >= 4 is 11.8 Å². The first kappa shape index (κ1) is 12.9. The number of carboxylic acid groups (broad SMARTS) is 1. The summed E-state index contributed by atoms with van der Waals surface area (Å²) >= 11 is 0. The first-order valence-electron chi connectivity index (χ1n) is 6.50. The summed E-state index contributed by atoms with van der Waals surface area (Å²) in [5.41, 5.74) is 0.876. The van der Waals surface area contributed by atoms with Gasteiger partial charge in [0, 0.05) is 12.1 Å². The number of aromatic nitrogens is 1. The number of nitrogens with zero attached hydrogens (tertiary/aromatic N) is 2. The molecule has 1 saturated heterocycles. The lowest BCUT2D eigenvalue weighted by Gasteiger charge is -2.40. The van der Waals surface area contributed by atoms with E-state index in [9.17, 15) is 4.79 Å². The number of aromatic carboxylic acids is 1. The Morgan fingerprint density at radius 2 is 1.94 bits per heavy atom. The van der Waals surface area contributed by atoms with Gasteiger partial charge in [-0.3, -0.25) is 0 Å². The molecule has 0 unspecified atom stereocenters. The lowest BCUT2D eigenvalue weighted by atomic mass is 9.97. The van der Waals surface area contributed by atoms with Crippen molar-refractivity contribution in [3.63, 3.8) is 0 Å². The Kier molecular flexibility index (Phi) is 3.55. The largest absolute Gasteiger partial charge is 0.478 e. The van der Waals surface area contributed by atoms with Crippen LogP contribution in [0.2, 0.25) is 0 Å². The average Bonchev–Trinajstić information content (AvgIpc) is 2.28. The van der Waals surface area contributed by atoms with Gasteiger partial charge in [-0.05, 0) is 52.2 Å². The first-order valence-corrected chi connectivity index (χ1v) is 6.50. The predicted molar refractivity (Wildman–Crippen MR) is 71.2 cm³/mol. The van der Waals surface area contributed by atoms with Gasteiger partial charge in [0.1, 0.15) is 5.82 Å². The molecule has 1 fully saturated rings. The number of pyridine rings is 1. The molecule has 0 aromatic carbocycles. The number of anilines is 1. The number of hydrogen-bond acceptors (Lipinski definition) is 3. The van der Waals surface area contributed by atoms with Crippen LogP contribution in [0.15, 0.2) is 12.1 Å². The topological polar surface area (TPSA) is 53.4 Å². The van der Waals surface area contributed by atoms with E-state index in [1.807, 2.05) is 6.07 Å². The third-order valence-corrected chi connectivity index (χ3v) is 3.76. The van der Waals surface area contributed by atoms with Crippen molar-refractivity contribution in [1.82, 2.24) is 4.98 Å². The van der Waals surface area contributed by atoms with E-state index < -0.39 is 5.97 Å². The zero-order chi connectivity index (χ0) is 13.3. The molecule has 1 aromatic rings. The fourth-order valence-corrected chi connectivity index (χ4v) is 2.79. The van der Waals surface area contributed by atoms with E-state index in [1.165, 1.54) is 19.3 Å². The Bertz CT molecular complexity index is 449. The SMILES string of the molecule is Cc1nc(N2[C@H](C)CCC[C@@H]2C)ccc1C(=O)O. The van der Waals surface area contributed by atoms with Gasteiger partial charge >= 0.3 is 5.97 Å². The molecule has 2 rings (SSSR count). The number of rotatable bonds is 2. The van der Waals surface area contributed by atoms with E-state index in [1.54, 1.807) is 13.0 Å². The second-order valence-corrected chi connectivity index (χ2v) is 5.14. The van der Waals surface area contributed by atoms with Crippen LogP contribution in [0.4, 0.5) is 5.82 Å². The molecule has 98 valence electrons. The number of piperidine rings is 1. The highest BCUT2D eigenvalue weighted by molar-refractivity contribution is 5.89. The molecule has 2 heterocycles. The number of carbonyl (C=O) groups is 1. The van der Waals surface area contributed by atoms with Crippen molar-refractivity contribution in [2.45, 2.75) is 52.1 Å². The Labute approximate surface area is 108 Å². The maximum absolute atomic E-state index is 11.0. The third kappa shape index (κ3) is 2.33. The summed E-state index contributed by atoms with van der Waals surface area (Å²) < 4.78 is 0. The van der Waals surface area contributed by atoms with Crippen LogP contribution in [-0.4, -0.2) is 28.1 Å². The Hall–Kier alpha value is -1.58. The highest BCUT2D eigenvalue weighted by Crippen LogP contribution is 2.28. The molecule has 0 amide bonds. The fourth-order valence-electron chi connectivity index (χ4n) is 2.79. The van der Waals surface area contributed by atoms with Crippen LogP contribution in [0, 0.1) is 6.92 Å². The highest BCUT2D eigenvalue weighted by atomic mass is 16.4. The van der Waals surface area contributed by atoms with Crippen LogP contribution in [-0.2, 0) is 0 Å². The van der Waals surface area contributed by atoms with Gasteiger partial charge in [-0.25, -0.2) is 9.78 Å². The molecule has 1 aliphatic rings. The zero-order valence-electron chi connectivity index (χ0n) is 11.2. The molecule has 0 radical (unpaired) electrons. The van der Waals surface area contributed by atoms with Crippen molar-refractivity contribution in [1.29, 1.82) is 0 Å². The first-order chi connectivity index (χ1) is 8.50. The van der Waals surface area contributed by atoms with Crippen molar-refractivity contribution in [2.24, 2.45) is 0 Å². The maximum atomic E-state index is 11.0. The minimum Gasteiger partial charge on any atom is -0.478 e. The Balaban J connectivity index is 2.33. The van der Waals surface area contributed by atoms with Crippen LogP contribution in [0.25, 0.3) is 0 Å². The lowest BCUT2D eigenvalue weighted by molar-refractivity contribution is 0.0695. The minimum absolute atomic E-state index is 0.288. The van der Waals surface area contributed by atoms with E-state index in [2.05, 4.69) is 23.7 Å². The summed E-state index contributed by atoms with van der Waals surface area (Å²) in [6.45, 7) is 6.17. The standard InChI is InChI=1S/C14H20N2O2/c1-9-5-4-6-10(2)16(9)13-8-7-12(14(17)18)11(3)15-13/h7-10H,4-6H2,1-3H3,(H,17,18)/t9-,10+. The molecule has 0 aliphatic carbocycles. The van der Waals surface area contributed by atoms with Gasteiger partial charge in [-0.1, -0.05) is 0 Å². The lowest BCUT2D eigenvalue weighted by Crippen LogP contribution is -2.44. The summed E-state index contributed by atoms with van der Waals surface area (Å²) in [7, 11) is 0. The molecule has 18 heavy (non-hydrogen) atoms. The number of carboxylic acids is 1. The summed E-state index contributed by atoms with van der Waals surface area (Å²) in [5, 5.41) is 9.02. The van der Waals surface area contributed by atoms with Crippen LogP contribution in [0.1, 0.15) is 49.2 Å². The van der Waals surface area contributed by atoms with Crippen LogP contribution >= 0.6 is 0 Å². The molecule has 2 atom stereocenters. The molecular weight excluding hydrogens is 228 g/mol. The van der Waals surface area contributed by atoms with Gasteiger partial charge in [0.2, 0.25) is 0 Å². The smallest absolute Gasteiger partial charge is 0.337 e. The quantitative estimate of drug-likeness (QED) is 0.874. The van der Waals surface area contributed by atoms with Gasteiger partial charge in [0.05, 0.1) is 11.3 Å². The average molecular weight is 248 g/mol. The molecular formula is C14H20N2O2.